The van der Waals surface area contributed by atoms with Crippen molar-refractivity contribution in [2.45, 2.75) is 39.2 Å². The van der Waals surface area contributed by atoms with Gasteiger partial charge in [-0.3, -0.25) is 0 Å². The van der Waals surface area contributed by atoms with Crippen molar-refractivity contribution in [2.24, 2.45) is 11.8 Å². The fourth-order valence-corrected chi connectivity index (χ4v) is 3.41. The molecule has 0 saturated heterocycles. The van der Waals surface area contributed by atoms with Gasteiger partial charge < -0.3 is 5.32 Å². The molecule has 2 rings (SSSR count). The molecule has 1 aromatic heterocycles. The summed E-state index contributed by atoms with van der Waals surface area (Å²) in [5, 5.41) is 6.94. The van der Waals surface area contributed by atoms with Crippen LogP contribution in [-0.4, -0.2) is 11.0 Å². The Morgan fingerprint density at radius 3 is 2.93 bits per heavy atom. The van der Waals surface area contributed by atoms with Crippen LogP contribution in [0.1, 0.15) is 33.1 Å². The van der Waals surface area contributed by atoms with E-state index in [1.807, 2.05) is 5.38 Å². The SMILES string of the molecule is CCC1CCC(Nc2nc(Cl)cs2)C1C. The van der Waals surface area contributed by atoms with Gasteiger partial charge in [-0.15, -0.1) is 11.3 Å². The molecule has 0 bridgehead atoms. The van der Waals surface area contributed by atoms with Crippen LogP contribution in [0.25, 0.3) is 0 Å². The number of anilines is 1. The van der Waals surface area contributed by atoms with Crippen LogP contribution < -0.4 is 5.32 Å². The molecule has 0 radical (unpaired) electrons. The minimum absolute atomic E-state index is 0.581. The van der Waals surface area contributed by atoms with E-state index in [-0.39, 0.29) is 0 Å². The third-order valence-corrected chi connectivity index (χ3v) is 4.63. The molecule has 2 nitrogen and oxygen atoms in total. The molecule has 1 N–H and O–H groups in total. The molecule has 84 valence electrons. The minimum Gasteiger partial charge on any atom is -0.358 e. The van der Waals surface area contributed by atoms with Crippen LogP contribution in [0, 0.1) is 11.8 Å². The number of rotatable bonds is 3. The summed E-state index contributed by atoms with van der Waals surface area (Å²) in [5.41, 5.74) is 0. The summed E-state index contributed by atoms with van der Waals surface area (Å²) in [6.45, 7) is 4.62. The maximum atomic E-state index is 5.80. The average Bonchev–Trinajstić information content (AvgIpc) is 2.76. The van der Waals surface area contributed by atoms with E-state index in [0.717, 1.165) is 17.0 Å². The van der Waals surface area contributed by atoms with Crippen molar-refractivity contribution in [3.05, 3.63) is 10.5 Å². The molecule has 15 heavy (non-hydrogen) atoms. The maximum Gasteiger partial charge on any atom is 0.184 e. The number of hydrogen-bond acceptors (Lipinski definition) is 3. The molecule has 1 aliphatic rings. The Bertz CT molecular complexity index is 326. The van der Waals surface area contributed by atoms with E-state index in [2.05, 4.69) is 24.1 Å². The van der Waals surface area contributed by atoms with Crippen LogP contribution in [0.4, 0.5) is 5.13 Å². The van der Waals surface area contributed by atoms with E-state index in [4.69, 9.17) is 11.6 Å². The van der Waals surface area contributed by atoms with Crippen LogP contribution in [0.2, 0.25) is 5.15 Å². The van der Waals surface area contributed by atoms with E-state index in [1.165, 1.54) is 19.3 Å². The molecule has 1 heterocycles. The van der Waals surface area contributed by atoms with Gasteiger partial charge in [0.05, 0.1) is 0 Å². The highest BCUT2D eigenvalue weighted by Crippen LogP contribution is 2.36. The van der Waals surface area contributed by atoms with Crippen LogP contribution in [0.5, 0.6) is 0 Å². The molecule has 3 unspecified atom stereocenters. The Hall–Kier alpha value is -0.280. The van der Waals surface area contributed by atoms with Crippen molar-refractivity contribution in [1.29, 1.82) is 0 Å². The third kappa shape index (κ3) is 2.45. The van der Waals surface area contributed by atoms with E-state index < -0.39 is 0 Å². The lowest BCUT2D eigenvalue weighted by molar-refractivity contribution is 0.392. The number of hydrogen-bond donors (Lipinski definition) is 1. The molecule has 1 aromatic rings. The molecule has 1 fully saturated rings. The number of nitrogens with one attached hydrogen (secondary N) is 1. The lowest BCUT2D eigenvalue weighted by atomic mass is 9.94. The van der Waals surface area contributed by atoms with Gasteiger partial charge >= 0.3 is 0 Å². The van der Waals surface area contributed by atoms with Crippen LogP contribution in [0.15, 0.2) is 5.38 Å². The monoisotopic (exact) mass is 244 g/mol. The van der Waals surface area contributed by atoms with Gasteiger partial charge in [-0.25, -0.2) is 4.98 Å². The average molecular weight is 245 g/mol. The van der Waals surface area contributed by atoms with Gasteiger partial charge in [-0.2, -0.15) is 0 Å². The summed E-state index contributed by atoms with van der Waals surface area (Å²) in [6.07, 6.45) is 3.89. The summed E-state index contributed by atoms with van der Waals surface area (Å²) in [6, 6.07) is 0.581. The minimum atomic E-state index is 0.581. The molecular weight excluding hydrogens is 228 g/mol. The fraction of sp³-hybridized carbons (Fsp3) is 0.727. The van der Waals surface area contributed by atoms with E-state index in [1.54, 1.807) is 11.3 Å². The van der Waals surface area contributed by atoms with E-state index >= 15 is 0 Å². The second-order valence-electron chi connectivity index (χ2n) is 4.33. The van der Waals surface area contributed by atoms with Crippen molar-refractivity contribution < 1.29 is 0 Å². The quantitative estimate of drug-likeness (QED) is 0.868. The number of halogens is 1. The lowest BCUT2D eigenvalue weighted by Crippen LogP contribution is -2.24. The fourth-order valence-electron chi connectivity index (χ4n) is 2.51. The van der Waals surface area contributed by atoms with Crippen molar-refractivity contribution in [2.75, 3.05) is 5.32 Å². The molecule has 4 heteroatoms. The first-order chi connectivity index (χ1) is 7.20. The normalized spacial score (nSPS) is 30.7. The summed E-state index contributed by atoms with van der Waals surface area (Å²) < 4.78 is 0. The van der Waals surface area contributed by atoms with Gasteiger partial charge in [-0.1, -0.05) is 31.9 Å². The third-order valence-electron chi connectivity index (χ3n) is 3.54. The van der Waals surface area contributed by atoms with Gasteiger partial charge in [0.15, 0.2) is 5.13 Å². The van der Waals surface area contributed by atoms with Crippen LogP contribution in [-0.2, 0) is 0 Å². The first-order valence-corrected chi connectivity index (χ1v) is 6.84. The van der Waals surface area contributed by atoms with Crippen molar-refractivity contribution in [1.82, 2.24) is 4.98 Å². The first kappa shape index (κ1) is 11.2. The molecular formula is C11H17ClN2S. The topological polar surface area (TPSA) is 24.9 Å². The lowest BCUT2D eigenvalue weighted by Gasteiger charge is -2.20. The Kier molecular flexibility index (Phi) is 3.52. The van der Waals surface area contributed by atoms with Crippen LogP contribution >= 0.6 is 22.9 Å². The molecule has 3 atom stereocenters. The number of aromatic nitrogens is 1. The summed E-state index contributed by atoms with van der Waals surface area (Å²) in [4.78, 5) is 4.23. The summed E-state index contributed by atoms with van der Waals surface area (Å²) in [7, 11) is 0. The van der Waals surface area contributed by atoms with Crippen molar-refractivity contribution >= 4 is 28.1 Å². The zero-order valence-electron chi connectivity index (χ0n) is 9.16. The Morgan fingerprint density at radius 2 is 2.40 bits per heavy atom. The zero-order valence-corrected chi connectivity index (χ0v) is 10.7. The van der Waals surface area contributed by atoms with Gasteiger partial charge in [0.1, 0.15) is 5.15 Å². The van der Waals surface area contributed by atoms with Crippen LogP contribution in [0.3, 0.4) is 0 Å². The molecule has 0 amide bonds. The van der Waals surface area contributed by atoms with Crippen molar-refractivity contribution in [3.63, 3.8) is 0 Å². The molecule has 0 aliphatic heterocycles. The van der Waals surface area contributed by atoms with Crippen molar-refractivity contribution in [3.8, 4) is 0 Å². The number of thiazole rings is 1. The maximum absolute atomic E-state index is 5.80. The predicted molar refractivity (Wildman–Crippen MR) is 66.7 cm³/mol. The van der Waals surface area contributed by atoms with E-state index in [0.29, 0.717) is 11.2 Å². The largest absolute Gasteiger partial charge is 0.358 e. The molecule has 0 aromatic carbocycles. The van der Waals surface area contributed by atoms with E-state index in [9.17, 15) is 0 Å². The zero-order chi connectivity index (χ0) is 10.8. The molecule has 1 saturated carbocycles. The highest BCUT2D eigenvalue weighted by molar-refractivity contribution is 7.14. The second kappa shape index (κ2) is 4.71. The van der Waals surface area contributed by atoms with Gasteiger partial charge in [0.25, 0.3) is 0 Å². The Labute approximate surface area is 100 Å². The smallest absolute Gasteiger partial charge is 0.184 e. The Balaban J connectivity index is 1.96. The Morgan fingerprint density at radius 1 is 1.60 bits per heavy atom. The standard InChI is InChI=1S/C11H17ClN2S/c1-3-8-4-5-9(7(8)2)13-11-14-10(12)6-15-11/h6-9H,3-5H2,1-2H3,(H,13,14). The molecule has 0 spiro atoms. The van der Waals surface area contributed by atoms with Gasteiger partial charge in [-0.05, 0) is 24.7 Å². The summed E-state index contributed by atoms with van der Waals surface area (Å²) >= 11 is 7.39. The second-order valence-corrected chi connectivity index (χ2v) is 5.58. The highest BCUT2D eigenvalue weighted by atomic mass is 35.5. The number of nitrogens with zero attached hydrogens (tertiary/aromatic N) is 1. The highest BCUT2D eigenvalue weighted by Gasteiger charge is 2.31. The first-order valence-electron chi connectivity index (χ1n) is 5.58. The van der Waals surface area contributed by atoms with Gasteiger partial charge in [0.2, 0.25) is 0 Å². The van der Waals surface area contributed by atoms with Gasteiger partial charge in [0, 0.05) is 11.4 Å². The predicted octanol–water partition coefficient (Wildman–Crippen LogP) is 4.03. The summed E-state index contributed by atoms with van der Waals surface area (Å²) in [5.74, 6) is 1.62. The molecule has 1 aliphatic carbocycles.